The van der Waals surface area contributed by atoms with Gasteiger partial charge in [-0.25, -0.2) is 4.39 Å². The fourth-order valence-corrected chi connectivity index (χ4v) is 2.79. The van der Waals surface area contributed by atoms with Gasteiger partial charge in [0, 0.05) is 24.3 Å². The minimum absolute atomic E-state index is 0.0801. The Labute approximate surface area is 155 Å². The van der Waals surface area contributed by atoms with E-state index in [1.165, 1.54) is 23.5 Å². The molecule has 0 fully saturated rings. The molecule has 0 bridgehead atoms. The van der Waals surface area contributed by atoms with E-state index in [1.807, 2.05) is 0 Å². The molecular formula is C15H13FN4O4S2. The molecule has 1 aromatic heterocycles. The molecule has 0 aliphatic carbocycles. The van der Waals surface area contributed by atoms with Crippen molar-refractivity contribution in [3.63, 3.8) is 0 Å². The first-order chi connectivity index (χ1) is 12.3. The monoisotopic (exact) mass is 396 g/mol. The fraction of sp³-hybridized carbons (Fsp3) is 0. The standard InChI is InChI=1S/C7H4N2O2S2.C6H5FN2O2.C2H4/c10-9(11)4-1-2-6-5(3-4)8-7(12)13-6;7-5-2-1-4(9(10)11)3-6(5)8;1-2/h1-3H,(H,8,12);1-3H,8H2;1-2H2. The van der Waals surface area contributed by atoms with Crippen LogP contribution in [0.3, 0.4) is 0 Å². The number of nitrogen functional groups attached to an aromatic ring is 1. The first-order valence-corrected chi connectivity index (χ1v) is 7.97. The van der Waals surface area contributed by atoms with Crippen molar-refractivity contribution in [2.75, 3.05) is 5.73 Å². The first-order valence-electron chi connectivity index (χ1n) is 6.74. The Morgan fingerprint density at radius 2 is 1.62 bits per heavy atom. The third kappa shape index (κ3) is 5.43. The molecule has 0 amide bonds. The lowest BCUT2D eigenvalue weighted by atomic mass is 10.3. The highest BCUT2D eigenvalue weighted by atomic mass is 32.1. The van der Waals surface area contributed by atoms with Crippen LogP contribution in [0.1, 0.15) is 0 Å². The molecule has 0 atom stereocenters. The topological polar surface area (TPSA) is 128 Å². The van der Waals surface area contributed by atoms with E-state index in [2.05, 4.69) is 18.1 Å². The number of hydrogen-bond acceptors (Lipinski definition) is 7. The quantitative estimate of drug-likeness (QED) is 0.206. The van der Waals surface area contributed by atoms with Gasteiger partial charge in [-0.3, -0.25) is 20.2 Å². The number of nitro benzene ring substituents is 2. The minimum atomic E-state index is -0.643. The molecule has 0 saturated carbocycles. The maximum absolute atomic E-state index is 12.4. The van der Waals surface area contributed by atoms with Gasteiger partial charge in [-0.15, -0.1) is 24.5 Å². The number of rotatable bonds is 2. The van der Waals surface area contributed by atoms with Crippen molar-refractivity contribution in [3.8, 4) is 0 Å². The summed E-state index contributed by atoms with van der Waals surface area (Å²) in [5, 5.41) is 20.5. The maximum Gasteiger partial charge on any atom is 0.271 e. The van der Waals surface area contributed by atoms with Crippen molar-refractivity contribution in [2.24, 2.45) is 0 Å². The zero-order valence-corrected chi connectivity index (χ0v) is 14.8. The van der Waals surface area contributed by atoms with E-state index in [-0.39, 0.29) is 17.1 Å². The number of halogens is 1. The Kier molecular flexibility index (Phi) is 7.50. The average Bonchev–Trinajstić information content (AvgIpc) is 2.98. The van der Waals surface area contributed by atoms with Gasteiger partial charge in [0.25, 0.3) is 11.4 Å². The van der Waals surface area contributed by atoms with Gasteiger partial charge in [0.2, 0.25) is 0 Å². The van der Waals surface area contributed by atoms with Crippen molar-refractivity contribution >= 4 is 50.8 Å². The molecule has 136 valence electrons. The lowest BCUT2D eigenvalue weighted by Crippen LogP contribution is -1.93. The normalized spacial score (nSPS) is 9.42. The number of nitrogens with one attached hydrogen (secondary N) is 1. The second-order valence-electron chi connectivity index (χ2n) is 4.42. The van der Waals surface area contributed by atoms with Crippen LogP contribution in [0, 0.1) is 30.0 Å². The van der Waals surface area contributed by atoms with E-state index in [0.29, 0.717) is 3.95 Å². The largest absolute Gasteiger partial charge is 0.396 e. The van der Waals surface area contributed by atoms with Crippen LogP contribution in [0.4, 0.5) is 21.5 Å². The predicted molar refractivity (Wildman–Crippen MR) is 102 cm³/mol. The number of H-pyrrole nitrogens is 1. The van der Waals surface area contributed by atoms with E-state index in [4.69, 9.17) is 18.0 Å². The number of benzene rings is 2. The van der Waals surface area contributed by atoms with Gasteiger partial charge in [-0.1, -0.05) is 0 Å². The Hall–Kier alpha value is -3.18. The summed E-state index contributed by atoms with van der Waals surface area (Å²) in [5.74, 6) is -0.643. The second kappa shape index (κ2) is 9.34. The Balaban J connectivity index is 0.000000241. The van der Waals surface area contributed by atoms with Gasteiger partial charge in [0.1, 0.15) is 5.82 Å². The van der Waals surface area contributed by atoms with Crippen LogP contribution in [0.25, 0.3) is 10.2 Å². The second-order valence-corrected chi connectivity index (χ2v) is 6.13. The van der Waals surface area contributed by atoms with Crippen LogP contribution < -0.4 is 5.73 Å². The van der Waals surface area contributed by atoms with E-state index in [0.717, 1.165) is 28.4 Å². The Bertz CT molecular complexity index is 1000. The summed E-state index contributed by atoms with van der Waals surface area (Å²) >= 11 is 6.32. The zero-order valence-electron chi connectivity index (χ0n) is 13.2. The van der Waals surface area contributed by atoms with Crippen LogP contribution in [0.15, 0.2) is 49.6 Å². The third-order valence-electron chi connectivity index (χ3n) is 2.80. The van der Waals surface area contributed by atoms with Crippen molar-refractivity contribution in [1.82, 2.24) is 4.98 Å². The summed E-state index contributed by atoms with van der Waals surface area (Å²) in [6.45, 7) is 6.00. The summed E-state index contributed by atoms with van der Waals surface area (Å²) in [4.78, 5) is 22.3. The molecule has 3 aromatic rings. The average molecular weight is 396 g/mol. The number of hydrogen-bond donors (Lipinski definition) is 2. The van der Waals surface area contributed by atoms with E-state index in [1.54, 1.807) is 6.07 Å². The molecule has 26 heavy (non-hydrogen) atoms. The minimum Gasteiger partial charge on any atom is -0.396 e. The number of non-ortho nitro benzene ring substituents is 2. The van der Waals surface area contributed by atoms with Crippen molar-refractivity contribution in [2.45, 2.75) is 0 Å². The SMILES string of the molecule is C=C.Nc1cc([N+](=O)[O-])ccc1F.O=[N+]([O-])c1ccc2sc(=S)[nH]c2c1. The van der Waals surface area contributed by atoms with Crippen LogP contribution in [0.2, 0.25) is 0 Å². The van der Waals surface area contributed by atoms with E-state index in [9.17, 15) is 24.6 Å². The highest BCUT2D eigenvalue weighted by Crippen LogP contribution is 2.23. The first kappa shape index (κ1) is 20.9. The molecule has 0 unspecified atom stereocenters. The third-order valence-corrected chi connectivity index (χ3v) is 4.02. The summed E-state index contributed by atoms with van der Waals surface area (Å²) in [7, 11) is 0. The van der Waals surface area contributed by atoms with Crippen LogP contribution >= 0.6 is 23.6 Å². The molecule has 0 spiro atoms. The summed E-state index contributed by atoms with van der Waals surface area (Å²) in [5.41, 5.74) is 5.47. The van der Waals surface area contributed by atoms with Gasteiger partial charge >= 0.3 is 0 Å². The molecule has 1 heterocycles. The molecule has 11 heteroatoms. The molecular weight excluding hydrogens is 383 g/mol. The molecule has 8 nitrogen and oxygen atoms in total. The van der Waals surface area contributed by atoms with Crippen LogP contribution in [-0.4, -0.2) is 14.8 Å². The molecule has 0 radical (unpaired) electrons. The highest BCUT2D eigenvalue weighted by molar-refractivity contribution is 7.73. The van der Waals surface area contributed by atoms with Gasteiger partial charge in [-0.2, -0.15) is 0 Å². The molecule has 3 rings (SSSR count). The van der Waals surface area contributed by atoms with Crippen molar-refractivity contribution < 1.29 is 14.2 Å². The molecule has 0 aliphatic rings. The summed E-state index contributed by atoms with van der Waals surface area (Å²) in [6.07, 6.45) is 0. The van der Waals surface area contributed by atoms with Gasteiger partial charge in [0.05, 0.1) is 25.8 Å². The molecule has 2 aromatic carbocycles. The van der Waals surface area contributed by atoms with E-state index < -0.39 is 15.7 Å². The van der Waals surface area contributed by atoms with Gasteiger partial charge in [-0.05, 0) is 24.4 Å². The number of aromatic amines is 1. The Morgan fingerprint density at radius 3 is 2.15 bits per heavy atom. The van der Waals surface area contributed by atoms with Crippen LogP contribution in [0.5, 0.6) is 0 Å². The predicted octanol–water partition coefficient (Wildman–Crippen LogP) is 4.99. The van der Waals surface area contributed by atoms with Crippen molar-refractivity contribution in [3.05, 3.63) is 79.6 Å². The number of anilines is 1. The fourth-order valence-electron chi connectivity index (χ4n) is 1.70. The lowest BCUT2D eigenvalue weighted by molar-refractivity contribution is -0.385. The van der Waals surface area contributed by atoms with Gasteiger partial charge < -0.3 is 10.7 Å². The summed E-state index contributed by atoms with van der Waals surface area (Å²) < 4.78 is 14.0. The molecule has 0 aliphatic heterocycles. The Morgan fingerprint density at radius 1 is 1.08 bits per heavy atom. The summed E-state index contributed by atoms with van der Waals surface area (Å²) in [6, 6.07) is 7.67. The van der Waals surface area contributed by atoms with Gasteiger partial charge in [0.15, 0.2) is 3.95 Å². The number of thiazole rings is 1. The molecule has 0 saturated heterocycles. The smallest absolute Gasteiger partial charge is 0.271 e. The maximum atomic E-state index is 12.4. The number of nitrogens with zero attached hydrogens (tertiary/aromatic N) is 2. The number of nitrogens with two attached hydrogens (primary N) is 1. The van der Waals surface area contributed by atoms with E-state index >= 15 is 0 Å². The number of aromatic nitrogens is 1. The van der Waals surface area contributed by atoms with Crippen molar-refractivity contribution in [1.29, 1.82) is 0 Å². The van der Waals surface area contributed by atoms with Crippen LogP contribution in [-0.2, 0) is 0 Å². The molecule has 3 N–H and O–H groups in total. The highest BCUT2D eigenvalue weighted by Gasteiger charge is 2.07. The number of nitro groups is 2. The lowest BCUT2D eigenvalue weighted by Gasteiger charge is -1.94. The number of fused-ring (bicyclic) bond motifs is 1. The zero-order chi connectivity index (χ0) is 19.9.